The number of aliphatic hydroxyl groups excluding tert-OH is 1. The molecule has 0 spiro atoms. The van der Waals surface area contributed by atoms with E-state index >= 15 is 0 Å². The van der Waals surface area contributed by atoms with Gasteiger partial charge < -0.3 is 15.2 Å². The summed E-state index contributed by atoms with van der Waals surface area (Å²) in [5.74, 6) is 0.0733. The largest absolute Gasteiger partial charge is 0.449 e. The van der Waals surface area contributed by atoms with Crippen LogP contribution in [0.5, 0.6) is 0 Å². The Labute approximate surface area is 153 Å². The minimum absolute atomic E-state index is 0.0733. The van der Waals surface area contributed by atoms with Gasteiger partial charge in [-0.15, -0.1) is 0 Å². The van der Waals surface area contributed by atoms with Gasteiger partial charge in [0, 0.05) is 25.0 Å². The van der Waals surface area contributed by atoms with E-state index in [1.165, 1.54) is 22.3 Å². The first-order valence-corrected chi connectivity index (χ1v) is 9.10. The monoisotopic (exact) mass is 352 g/mol. The van der Waals surface area contributed by atoms with Gasteiger partial charge >= 0.3 is 6.09 Å². The summed E-state index contributed by atoms with van der Waals surface area (Å²) in [5, 5.41) is 12.5. The summed E-state index contributed by atoms with van der Waals surface area (Å²) in [6.07, 6.45) is -0.0314. The molecule has 4 rings (SSSR count). The zero-order valence-electron chi connectivity index (χ0n) is 14.9. The lowest BCUT2D eigenvalue weighted by Gasteiger charge is -2.20. The van der Waals surface area contributed by atoms with Crippen molar-refractivity contribution < 1.29 is 14.6 Å². The topological polar surface area (TPSA) is 61.8 Å². The fraction of sp³-hybridized carbons (Fsp3) is 0.381. The average molecular weight is 352 g/mol. The molecule has 2 atom stereocenters. The molecule has 1 aliphatic heterocycles. The molecule has 2 aromatic rings. The van der Waals surface area contributed by atoms with Gasteiger partial charge in [-0.05, 0) is 35.7 Å². The number of hydrogen-bond donors (Lipinski definition) is 2. The van der Waals surface area contributed by atoms with E-state index in [9.17, 15) is 9.90 Å². The summed E-state index contributed by atoms with van der Waals surface area (Å²) in [6, 6.07) is 16.7. The Morgan fingerprint density at radius 3 is 2.35 bits per heavy atom. The van der Waals surface area contributed by atoms with Gasteiger partial charge in [0.25, 0.3) is 0 Å². The summed E-state index contributed by atoms with van der Waals surface area (Å²) < 4.78 is 5.53. The molecule has 1 amide bonds. The molecule has 1 aliphatic carbocycles. The zero-order valence-corrected chi connectivity index (χ0v) is 14.9. The maximum absolute atomic E-state index is 12.2. The van der Waals surface area contributed by atoms with E-state index in [0.717, 1.165) is 0 Å². The number of carbonyl (C=O) groups excluding carboxylic acids is 1. The minimum Gasteiger partial charge on any atom is -0.449 e. The summed E-state index contributed by atoms with van der Waals surface area (Å²) in [4.78, 5) is 14.2. The molecule has 5 heteroatoms. The van der Waals surface area contributed by atoms with Crippen LogP contribution in [0.1, 0.15) is 23.5 Å². The Balaban J connectivity index is 1.38. The minimum atomic E-state index is -0.401. The molecule has 2 unspecified atom stereocenters. The van der Waals surface area contributed by atoms with Crippen molar-refractivity contribution in [2.24, 2.45) is 0 Å². The van der Waals surface area contributed by atoms with E-state index in [4.69, 9.17) is 4.74 Å². The SMILES string of the molecule is CN1CC(O)CC1CNC(=O)OCC1c2ccccc2-c2ccccc21. The lowest BCUT2D eigenvalue weighted by atomic mass is 9.98. The number of likely N-dealkylation sites (N-methyl/N-ethyl adjacent to an activating group) is 1. The maximum atomic E-state index is 12.2. The fourth-order valence-electron chi connectivity index (χ4n) is 4.14. The molecule has 1 heterocycles. The second-order valence-corrected chi connectivity index (χ2v) is 7.19. The van der Waals surface area contributed by atoms with Crippen LogP contribution in [-0.2, 0) is 4.74 Å². The predicted octanol–water partition coefficient (Wildman–Crippen LogP) is 2.59. The molecule has 2 aromatic carbocycles. The molecular formula is C21H24N2O3. The van der Waals surface area contributed by atoms with E-state index in [0.29, 0.717) is 26.1 Å². The molecular weight excluding hydrogens is 328 g/mol. The Bertz CT molecular complexity index is 762. The fourth-order valence-corrected chi connectivity index (χ4v) is 4.14. The third kappa shape index (κ3) is 3.20. The number of β-amino-alcohol motifs (C(OH)–C–C–N with tert-alkyl or cyclic N) is 1. The predicted molar refractivity (Wildman–Crippen MR) is 100 cm³/mol. The van der Waals surface area contributed by atoms with Crippen LogP contribution in [0.4, 0.5) is 4.79 Å². The number of benzene rings is 2. The highest BCUT2D eigenvalue weighted by Crippen LogP contribution is 2.44. The van der Waals surface area contributed by atoms with Crippen LogP contribution in [0.2, 0.25) is 0 Å². The van der Waals surface area contributed by atoms with E-state index < -0.39 is 6.09 Å². The third-order valence-corrected chi connectivity index (χ3v) is 5.49. The first-order chi connectivity index (χ1) is 12.6. The normalized spacial score (nSPS) is 22.1. The quantitative estimate of drug-likeness (QED) is 0.888. The van der Waals surface area contributed by atoms with Crippen molar-refractivity contribution in [1.29, 1.82) is 0 Å². The molecule has 2 aliphatic rings. The molecule has 1 saturated heterocycles. The van der Waals surface area contributed by atoms with Gasteiger partial charge in [-0.1, -0.05) is 48.5 Å². The molecule has 5 nitrogen and oxygen atoms in total. The number of carbonyl (C=O) groups is 1. The highest BCUT2D eigenvalue weighted by molar-refractivity contribution is 5.79. The standard InChI is InChI=1S/C21H24N2O3/c1-23-12-15(24)10-14(23)11-22-21(25)26-13-20-18-8-4-2-6-16(18)17-7-3-5-9-19(17)20/h2-9,14-15,20,24H,10-13H2,1H3,(H,22,25). The molecule has 0 saturated carbocycles. The van der Waals surface area contributed by atoms with Crippen molar-refractivity contribution in [1.82, 2.24) is 10.2 Å². The molecule has 136 valence electrons. The van der Waals surface area contributed by atoms with Crippen LogP contribution in [0.3, 0.4) is 0 Å². The number of fused-ring (bicyclic) bond motifs is 3. The van der Waals surface area contributed by atoms with Crippen molar-refractivity contribution >= 4 is 6.09 Å². The molecule has 0 radical (unpaired) electrons. The van der Waals surface area contributed by atoms with Gasteiger partial charge in [-0.25, -0.2) is 4.79 Å². The summed E-state index contributed by atoms with van der Waals surface area (Å²) in [7, 11) is 1.96. The number of aliphatic hydroxyl groups is 1. The van der Waals surface area contributed by atoms with Gasteiger partial charge in [0.1, 0.15) is 6.61 Å². The molecule has 26 heavy (non-hydrogen) atoms. The Kier molecular flexibility index (Phi) is 4.66. The second kappa shape index (κ2) is 7.09. The van der Waals surface area contributed by atoms with Gasteiger partial charge in [-0.2, -0.15) is 0 Å². The summed E-state index contributed by atoms with van der Waals surface area (Å²) in [5.41, 5.74) is 4.86. The van der Waals surface area contributed by atoms with Crippen LogP contribution in [0.15, 0.2) is 48.5 Å². The van der Waals surface area contributed by atoms with Crippen LogP contribution in [-0.4, -0.2) is 55.0 Å². The molecule has 0 aromatic heterocycles. The van der Waals surface area contributed by atoms with Crippen LogP contribution >= 0.6 is 0 Å². The van der Waals surface area contributed by atoms with Crippen LogP contribution in [0.25, 0.3) is 11.1 Å². The lowest BCUT2D eigenvalue weighted by Crippen LogP contribution is -2.38. The van der Waals surface area contributed by atoms with Crippen LogP contribution in [0, 0.1) is 0 Å². The summed E-state index contributed by atoms with van der Waals surface area (Å²) in [6.45, 7) is 1.46. The highest BCUT2D eigenvalue weighted by Gasteiger charge is 2.30. The smallest absolute Gasteiger partial charge is 0.407 e. The van der Waals surface area contributed by atoms with Crippen molar-refractivity contribution in [3.8, 4) is 11.1 Å². The highest BCUT2D eigenvalue weighted by atomic mass is 16.5. The van der Waals surface area contributed by atoms with Gasteiger partial charge in [-0.3, -0.25) is 4.90 Å². The number of ether oxygens (including phenoxy) is 1. The summed E-state index contributed by atoms with van der Waals surface area (Å²) >= 11 is 0. The van der Waals surface area contributed by atoms with E-state index in [-0.39, 0.29) is 18.1 Å². The number of amides is 1. The molecule has 1 fully saturated rings. The second-order valence-electron chi connectivity index (χ2n) is 7.19. The molecule has 2 N–H and O–H groups in total. The Hall–Kier alpha value is -2.37. The lowest BCUT2D eigenvalue weighted by molar-refractivity contribution is 0.140. The van der Waals surface area contributed by atoms with E-state index in [2.05, 4.69) is 34.5 Å². The third-order valence-electron chi connectivity index (χ3n) is 5.49. The van der Waals surface area contributed by atoms with Gasteiger partial charge in [0.2, 0.25) is 0 Å². The van der Waals surface area contributed by atoms with Gasteiger partial charge in [0.05, 0.1) is 6.10 Å². The first-order valence-electron chi connectivity index (χ1n) is 9.10. The van der Waals surface area contributed by atoms with Gasteiger partial charge in [0.15, 0.2) is 0 Å². The number of nitrogens with one attached hydrogen (secondary N) is 1. The zero-order chi connectivity index (χ0) is 18.1. The van der Waals surface area contributed by atoms with E-state index in [1.54, 1.807) is 0 Å². The van der Waals surface area contributed by atoms with Crippen molar-refractivity contribution in [2.75, 3.05) is 26.7 Å². The number of alkyl carbamates (subject to hydrolysis) is 1. The Morgan fingerprint density at radius 1 is 1.15 bits per heavy atom. The van der Waals surface area contributed by atoms with Crippen molar-refractivity contribution in [3.63, 3.8) is 0 Å². The van der Waals surface area contributed by atoms with Crippen molar-refractivity contribution in [3.05, 3.63) is 59.7 Å². The molecule has 0 bridgehead atoms. The number of likely N-dealkylation sites (tertiary alicyclic amines) is 1. The maximum Gasteiger partial charge on any atom is 0.407 e. The number of nitrogens with zero attached hydrogens (tertiary/aromatic N) is 1. The van der Waals surface area contributed by atoms with Crippen LogP contribution < -0.4 is 5.32 Å². The van der Waals surface area contributed by atoms with E-state index in [1.807, 2.05) is 31.3 Å². The number of hydrogen-bond acceptors (Lipinski definition) is 4. The average Bonchev–Trinajstić information content (AvgIpc) is 3.14. The van der Waals surface area contributed by atoms with Crippen molar-refractivity contribution in [2.45, 2.75) is 24.5 Å². The number of rotatable bonds is 4. The Morgan fingerprint density at radius 2 is 1.77 bits per heavy atom. The first kappa shape index (κ1) is 17.1.